The number of piperazine rings is 1. The maximum absolute atomic E-state index is 13.1. The number of hydrogen-bond donors (Lipinski definition) is 2. The van der Waals surface area contributed by atoms with E-state index in [1.165, 1.54) is 12.8 Å². The van der Waals surface area contributed by atoms with E-state index in [1.54, 1.807) is 0 Å². The second-order valence-corrected chi connectivity index (χ2v) is 10.5. The molecule has 1 aliphatic heterocycles. The predicted octanol–water partition coefficient (Wildman–Crippen LogP) is 1.73. The third-order valence-corrected chi connectivity index (χ3v) is 8.12. The Bertz CT molecular complexity index is 643. The van der Waals surface area contributed by atoms with Crippen LogP contribution in [0.4, 0.5) is 0 Å². The second kappa shape index (κ2) is 7.84. The number of fused-ring (bicyclic) bond motifs is 1. The van der Waals surface area contributed by atoms with E-state index in [0.29, 0.717) is 36.2 Å². The van der Waals surface area contributed by atoms with Crippen molar-refractivity contribution < 1.29 is 9.59 Å². The van der Waals surface area contributed by atoms with Gasteiger partial charge in [0.05, 0.1) is 12.1 Å². The fourth-order valence-electron chi connectivity index (χ4n) is 5.87. The summed E-state index contributed by atoms with van der Waals surface area (Å²) in [6, 6.07) is 1.25. The summed E-state index contributed by atoms with van der Waals surface area (Å²) >= 11 is 0. The Morgan fingerprint density at radius 1 is 0.966 bits per heavy atom. The summed E-state index contributed by atoms with van der Waals surface area (Å²) in [6.45, 7) is 4.58. The highest BCUT2D eigenvalue weighted by Crippen LogP contribution is 2.43. The number of nitrogens with one attached hydrogen (secondary N) is 1. The third-order valence-electron chi connectivity index (χ3n) is 8.12. The van der Waals surface area contributed by atoms with E-state index < -0.39 is 0 Å². The standard InChI is InChI=1S/C23H38N4O2/c1-14-13-26(22(28)15-2-3-15)21-10-17(18(11-24)12-25-19-7-8-19)6-9-20(21)27(14)23(29)16-4-5-16/h14-21,25H,2-13,24H2,1H3/t14-,17?,18?,20?,21?/m0/s1. The van der Waals surface area contributed by atoms with E-state index in [2.05, 4.69) is 22.0 Å². The zero-order valence-corrected chi connectivity index (χ0v) is 17.9. The van der Waals surface area contributed by atoms with Gasteiger partial charge < -0.3 is 20.9 Å². The fourth-order valence-corrected chi connectivity index (χ4v) is 5.87. The molecular weight excluding hydrogens is 364 g/mol. The van der Waals surface area contributed by atoms with Gasteiger partial charge in [0.2, 0.25) is 11.8 Å². The first-order valence-corrected chi connectivity index (χ1v) is 12.1. The van der Waals surface area contributed by atoms with Crippen molar-refractivity contribution in [1.29, 1.82) is 0 Å². The molecule has 162 valence electrons. The summed E-state index contributed by atoms with van der Waals surface area (Å²) in [4.78, 5) is 30.6. The molecule has 0 bridgehead atoms. The lowest BCUT2D eigenvalue weighted by atomic mass is 9.73. The first-order chi connectivity index (χ1) is 14.1. The Morgan fingerprint density at radius 2 is 1.66 bits per heavy atom. The van der Waals surface area contributed by atoms with Crippen LogP contribution in [0.15, 0.2) is 0 Å². The van der Waals surface area contributed by atoms with Crippen LogP contribution in [0.1, 0.15) is 64.7 Å². The molecule has 4 unspecified atom stereocenters. The van der Waals surface area contributed by atoms with Gasteiger partial charge in [-0.05, 0) is 89.6 Å². The van der Waals surface area contributed by atoms with Crippen LogP contribution in [0.3, 0.4) is 0 Å². The van der Waals surface area contributed by atoms with Gasteiger partial charge in [0.25, 0.3) is 0 Å². The first kappa shape index (κ1) is 19.8. The fraction of sp³-hybridized carbons (Fsp3) is 0.913. The molecule has 0 aromatic heterocycles. The average Bonchev–Trinajstić information content (AvgIpc) is 3.59. The Labute approximate surface area is 174 Å². The first-order valence-electron chi connectivity index (χ1n) is 12.1. The molecule has 5 fully saturated rings. The molecule has 3 N–H and O–H groups in total. The molecule has 6 heteroatoms. The van der Waals surface area contributed by atoms with Gasteiger partial charge in [-0.1, -0.05) is 0 Å². The van der Waals surface area contributed by atoms with E-state index in [9.17, 15) is 9.59 Å². The number of carbonyl (C=O) groups is 2. The van der Waals surface area contributed by atoms with Crippen LogP contribution in [0, 0.1) is 23.7 Å². The highest BCUT2D eigenvalue weighted by molar-refractivity contribution is 5.84. The van der Waals surface area contributed by atoms with Crippen molar-refractivity contribution in [3.8, 4) is 0 Å². The lowest BCUT2D eigenvalue weighted by molar-refractivity contribution is -0.157. The number of hydrogen-bond acceptors (Lipinski definition) is 4. The van der Waals surface area contributed by atoms with Crippen LogP contribution in [0.2, 0.25) is 0 Å². The highest BCUT2D eigenvalue weighted by atomic mass is 16.2. The minimum Gasteiger partial charge on any atom is -0.335 e. The number of nitrogens with zero attached hydrogens (tertiary/aromatic N) is 2. The van der Waals surface area contributed by atoms with Crippen molar-refractivity contribution in [2.24, 2.45) is 29.4 Å². The quantitative estimate of drug-likeness (QED) is 0.680. The van der Waals surface area contributed by atoms with Crippen molar-refractivity contribution >= 4 is 11.8 Å². The largest absolute Gasteiger partial charge is 0.335 e. The van der Waals surface area contributed by atoms with Gasteiger partial charge in [0, 0.05) is 30.5 Å². The minimum atomic E-state index is 0.144. The van der Waals surface area contributed by atoms with Crippen LogP contribution >= 0.6 is 0 Å². The van der Waals surface area contributed by atoms with Crippen molar-refractivity contribution in [3.63, 3.8) is 0 Å². The van der Waals surface area contributed by atoms with Gasteiger partial charge >= 0.3 is 0 Å². The number of carbonyl (C=O) groups excluding carboxylic acids is 2. The molecule has 1 saturated heterocycles. The lowest BCUT2D eigenvalue weighted by Gasteiger charge is -2.55. The predicted molar refractivity (Wildman–Crippen MR) is 112 cm³/mol. The molecule has 4 aliphatic carbocycles. The normalized spacial score (nSPS) is 35.9. The van der Waals surface area contributed by atoms with Gasteiger partial charge in [-0.2, -0.15) is 0 Å². The summed E-state index contributed by atoms with van der Waals surface area (Å²) in [5.41, 5.74) is 6.19. The monoisotopic (exact) mass is 402 g/mol. The molecule has 2 amide bonds. The Hall–Kier alpha value is -1.14. The Kier molecular flexibility index (Phi) is 5.35. The van der Waals surface area contributed by atoms with Crippen LogP contribution in [-0.4, -0.2) is 65.4 Å². The molecule has 6 nitrogen and oxygen atoms in total. The van der Waals surface area contributed by atoms with E-state index in [0.717, 1.165) is 58.0 Å². The maximum atomic E-state index is 13.1. The Balaban J connectivity index is 1.33. The third kappa shape index (κ3) is 4.07. The topological polar surface area (TPSA) is 78.7 Å². The summed E-state index contributed by atoms with van der Waals surface area (Å²) in [5, 5.41) is 3.67. The smallest absolute Gasteiger partial charge is 0.226 e. The van der Waals surface area contributed by atoms with Crippen LogP contribution in [0.25, 0.3) is 0 Å². The van der Waals surface area contributed by atoms with Crippen molar-refractivity contribution in [2.45, 2.75) is 88.9 Å². The molecule has 0 aromatic carbocycles. The zero-order valence-electron chi connectivity index (χ0n) is 17.9. The van der Waals surface area contributed by atoms with Gasteiger partial charge in [-0.15, -0.1) is 0 Å². The second-order valence-electron chi connectivity index (χ2n) is 10.5. The molecule has 0 radical (unpaired) electrons. The molecule has 1 heterocycles. The van der Waals surface area contributed by atoms with Crippen LogP contribution < -0.4 is 11.1 Å². The van der Waals surface area contributed by atoms with E-state index in [-0.39, 0.29) is 30.0 Å². The SMILES string of the molecule is C[C@H]1CN(C(=O)C2CC2)C2CC(C(CN)CNC3CC3)CCC2N1C(=O)C1CC1. The summed E-state index contributed by atoms with van der Waals surface area (Å²) in [5.74, 6) is 2.23. The zero-order chi connectivity index (χ0) is 20.1. The summed E-state index contributed by atoms with van der Waals surface area (Å²) in [6.07, 6.45) is 9.95. The minimum absolute atomic E-state index is 0.144. The van der Waals surface area contributed by atoms with E-state index >= 15 is 0 Å². The number of nitrogens with two attached hydrogens (primary N) is 1. The summed E-state index contributed by atoms with van der Waals surface area (Å²) < 4.78 is 0. The average molecular weight is 403 g/mol. The van der Waals surface area contributed by atoms with Crippen molar-refractivity contribution in [2.75, 3.05) is 19.6 Å². The van der Waals surface area contributed by atoms with E-state index in [4.69, 9.17) is 5.73 Å². The van der Waals surface area contributed by atoms with Gasteiger partial charge in [0.15, 0.2) is 0 Å². The van der Waals surface area contributed by atoms with Crippen molar-refractivity contribution in [1.82, 2.24) is 15.1 Å². The number of amides is 2. The molecule has 5 atom stereocenters. The molecular formula is C23H38N4O2. The Morgan fingerprint density at radius 3 is 2.28 bits per heavy atom. The molecule has 29 heavy (non-hydrogen) atoms. The number of rotatable bonds is 7. The molecule has 5 rings (SSSR count). The van der Waals surface area contributed by atoms with Gasteiger partial charge in [-0.3, -0.25) is 9.59 Å². The molecule has 0 aromatic rings. The maximum Gasteiger partial charge on any atom is 0.226 e. The van der Waals surface area contributed by atoms with Crippen molar-refractivity contribution in [3.05, 3.63) is 0 Å². The van der Waals surface area contributed by atoms with Gasteiger partial charge in [0.1, 0.15) is 0 Å². The summed E-state index contributed by atoms with van der Waals surface area (Å²) in [7, 11) is 0. The van der Waals surface area contributed by atoms with Gasteiger partial charge in [-0.25, -0.2) is 0 Å². The highest BCUT2D eigenvalue weighted by Gasteiger charge is 2.51. The molecule has 0 spiro atoms. The molecule has 5 aliphatic rings. The molecule has 4 saturated carbocycles. The van der Waals surface area contributed by atoms with Crippen LogP contribution in [-0.2, 0) is 9.59 Å². The lowest BCUT2D eigenvalue weighted by Crippen LogP contribution is -2.68. The van der Waals surface area contributed by atoms with Crippen LogP contribution in [0.5, 0.6) is 0 Å². The van der Waals surface area contributed by atoms with E-state index in [1.807, 2.05) is 0 Å².